The minimum absolute atomic E-state index is 0.0493. The summed E-state index contributed by atoms with van der Waals surface area (Å²) in [6.07, 6.45) is 3.45. The SMILES string of the molecule is O=C(C=Cc1cccc(Br)c1)N1CCOCC1. The summed E-state index contributed by atoms with van der Waals surface area (Å²) in [7, 11) is 0. The first-order chi connectivity index (χ1) is 8.25. The van der Waals surface area contributed by atoms with Crippen molar-refractivity contribution in [3.63, 3.8) is 0 Å². The topological polar surface area (TPSA) is 29.5 Å². The van der Waals surface area contributed by atoms with Gasteiger partial charge in [0.2, 0.25) is 5.91 Å². The second kappa shape index (κ2) is 5.98. The molecule has 0 aromatic heterocycles. The minimum Gasteiger partial charge on any atom is -0.378 e. The van der Waals surface area contributed by atoms with Crippen LogP contribution in [0.2, 0.25) is 0 Å². The summed E-state index contributed by atoms with van der Waals surface area (Å²) in [5, 5.41) is 0. The van der Waals surface area contributed by atoms with E-state index in [2.05, 4.69) is 15.9 Å². The van der Waals surface area contributed by atoms with E-state index in [1.54, 1.807) is 11.0 Å². The van der Waals surface area contributed by atoms with Crippen molar-refractivity contribution < 1.29 is 9.53 Å². The first-order valence-corrected chi connectivity index (χ1v) is 6.35. The molecular weight excluding hydrogens is 282 g/mol. The van der Waals surface area contributed by atoms with Crippen molar-refractivity contribution in [1.29, 1.82) is 0 Å². The molecule has 0 unspecified atom stereocenters. The highest BCUT2D eigenvalue weighted by molar-refractivity contribution is 9.10. The van der Waals surface area contributed by atoms with Crippen molar-refractivity contribution in [2.24, 2.45) is 0 Å². The molecule has 1 aliphatic heterocycles. The van der Waals surface area contributed by atoms with Crippen molar-refractivity contribution >= 4 is 27.9 Å². The van der Waals surface area contributed by atoms with E-state index < -0.39 is 0 Å². The van der Waals surface area contributed by atoms with Gasteiger partial charge < -0.3 is 9.64 Å². The maximum Gasteiger partial charge on any atom is 0.246 e. The third-order valence-electron chi connectivity index (χ3n) is 2.59. The number of hydrogen-bond donors (Lipinski definition) is 0. The molecule has 2 rings (SSSR count). The Kier molecular flexibility index (Phi) is 4.34. The number of amides is 1. The van der Waals surface area contributed by atoms with Crippen LogP contribution < -0.4 is 0 Å². The highest BCUT2D eigenvalue weighted by atomic mass is 79.9. The molecule has 0 N–H and O–H groups in total. The smallest absolute Gasteiger partial charge is 0.246 e. The Morgan fingerprint density at radius 3 is 2.82 bits per heavy atom. The Hall–Kier alpha value is -1.13. The molecule has 4 heteroatoms. The molecule has 0 radical (unpaired) electrons. The minimum atomic E-state index is 0.0493. The summed E-state index contributed by atoms with van der Waals surface area (Å²) in [6, 6.07) is 7.85. The molecule has 90 valence electrons. The summed E-state index contributed by atoms with van der Waals surface area (Å²) in [6.45, 7) is 2.64. The molecular formula is C13H14BrNO2. The average molecular weight is 296 g/mol. The van der Waals surface area contributed by atoms with Gasteiger partial charge in [0.1, 0.15) is 0 Å². The van der Waals surface area contributed by atoms with Gasteiger partial charge in [0, 0.05) is 23.6 Å². The van der Waals surface area contributed by atoms with Crippen molar-refractivity contribution in [3.05, 3.63) is 40.4 Å². The number of hydrogen-bond acceptors (Lipinski definition) is 2. The highest BCUT2D eigenvalue weighted by Crippen LogP contribution is 2.13. The average Bonchev–Trinajstić information content (AvgIpc) is 2.37. The molecule has 0 atom stereocenters. The number of carbonyl (C=O) groups is 1. The van der Waals surface area contributed by atoms with E-state index in [0.29, 0.717) is 26.3 Å². The molecule has 3 nitrogen and oxygen atoms in total. The van der Waals surface area contributed by atoms with Crippen molar-refractivity contribution in [2.45, 2.75) is 0 Å². The van der Waals surface area contributed by atoms with Crippen LogP contribution in [0.25, 0.3) is 6.08 Å². The summed E-state index contributed by atoms with van der Waals surface area (Å²) >= 11 is 3.40. The lowest BCUT2D eigenvalue weighted by Crippen LogP contribution is -2.39. The fourth-order valence-corrected chi connectivity index (χ4v) is 2.08. The van der Waals surface area contributed by atoms with E-state index in [1.807, 2.05) is 30.3 Å². The lowest BCUT2D eigenvalue weighted by Gasteiger charge is -2.25. The van der Waals surface area contributed by atoms with Crippen molar-refractivity contribution in [2.75, 3.05) is 26.3 Å². The molecule has 1 heterocycles. The van der Waals surface area contributed by atoms with Gasteiger partial charge in [-0.05, 0) is 23.8 Å². The molecule has 17 heavy (non-hydrogen) atoms. The first kappa shape index (κ1) is 12.3. The Morgan fingerprint density at radius 2 is 2.12 bits per heavy atom. The van der Waals surface area contributed by atoms with Crippen molar-refractivity contribution in [3.8, 4) is 0 Å². The molecule has 1 saturated heterocycles. The van der Waals surface area contributed by atoms with Gasteiger partial charge in [-0.1, -0.05) is 28.1 Å². The van der Waals surface area contributed by atoms with Gasteiger partial charge in [-0.15, -0.1) is 0 Å². The van der Waals surface area contributed by atoms with E-state index >= 15 is 0 Å². The van der Waals surface area contributed by atoms with Crippen LogP contribution in [0, 0.1) is 0 Å². The third-order valence-corrected chi connectivity index (χ3v) is 3.08. The Balaban J connectivity index is 1.97. The van der Waals surface area contributed by atoms with Gasteiger partial charge in [0.05, 0.1) is 13.2 Å². The summed E-state index contributed by atoms with van der Waals surface area (Å²) < 4.78 is 6.22. The zero-order valence-electron chi connectivity index (χ0n) is 9.43. The first-order valence-electron chi connectivity index (χ1n) is 5.56. The number of halogens is 1. The predicted octanol–water partition coefficient (Wildman–Crippen LogP) is 2.32. The summed E-state index contributed by atoms with van der Waals surface area (Å²) in [5.41, 5.74) is 1.01. The van der Waals surface area contributed by atoms with Crippen LogP contribution in [-0.2, 0) is 9.53 Å². The fraction of sp³-hybridized carbons (Fsp3) is 0.308. The Bertz CT molecular complexity index is 425. The van der Waals surface area contributed by atoms with Crippen molar-refractivity contribution in [1.82, 2.24) is 4.90 Å². The lowest BCUT2D eigenvalue weighted by atomic mass is 10.2. The fourth-order valence-electron chi connectivity index (χ4n) is 1.67. The van der Waals surface area contributed by atoms with Crippen LogP contribution in [0.1, 0.15) is 5.56 Å². The van der Waals surface area contributed by atoms with Crippen LogP contribution in [0.15, 0.2) is 34.8 Å². The van der Waals surface area contributed by atoms with Gasteiger partial charge in [-0.3, -0.25) is 4.79 Å². The number of nitrogens with zero attached hydrogens (tertiary/aromatic N) is 1. The molecule has 1 aliphatic rings. The molecule has 1 fully saturated rings. The maximum atomic E-state index is 11.8. The molecule has 0 aliphatic carbocycles. The van der Waals surface area contributed by atoms with Crippen LogP contribution >= 0.6 is 15.9 Å². The van der Waals surface area contributed by atoms with Gasteiger partial charge >= 0.3 is 0 Å². The monoisotopic (exact) mass is 295 g/mol. The normalized spacial score (nSPS) is 16.4. The lowest BCUT2D eigenvalue weighted by molar-refractivity contribution is -0.129. The number of benzene rings is 1. The summed E-state index contributed by atoms with van der Waals surface area (Å²) in [5.74, 6) is 0.0493. The number of ether oxygens (including phenoxy) is 1. The third kappa shape index (κ3) is 3.68. The zero-order valence-corrected chi connectivity index (χ0v) is 11.0. The van der Waals surface area contributed by atoms with Crippen LogP contribution in [0.3, 0.4) is 0 Å². The number of morpholine rings is 1. The molecule has 1 aromatic carbocycles. The standard InChI is InChI=1S/C13H14BrNO2/c14-12-3-1-2-11(10-12)4-5-13(16)15-6-8-17-9-7-15/h1-5,10H,6-9H2. The predicted molar refractivity (Wildman–Crippen MR) is 70.6 cm³/mol. The van der Waals surface area contributed by atoms with Crippen LogP contribution in [-0.4, -0.2) is 37.1 Å². The molecule has 1 amide bonds. The zero-order chi connectivity index (χ0) is 12.1. The van der Waals surface area contributed by atoms with E-state index in [0.717, 1.165) is 10.0 Å². The quantitative estimate of drug-likeness (QED) is 0.784. The van der Waals surface area contributed by atoms with E-state index in [4.69, 9.17) is 4.74 Å². The Morgan fingerprint density at radius 1 is 1.35 bits per heavy atom. The van der Waals surface area contributed by atoms with Crippen LogP contribution in [0.5, 0.6) is 0 Å². The number of carbonyl (C=O) groups excluding carboxylic acids is 1. The van der Waals surface area contributed by atoms with Gasteiger partial charge in [-0.2, -0.15) is 0 Å². The van der Waals surface area contributed by atoms with Gasteiger partial charge in [-0.25, -0.2) is 0 Å². The second-order valence-electron chi connectivity index (χ2n) is 3.83. The summed E-state index contributed by atoms with van der Waals surface area (Å²) in [4.78, 5) is 13.6. The van der Waals surface area contributed by atoms with E-state index in [1.165, 1.54) is 0 Å². The Labute approximate surface area is 109 Å². The van der Waals surface area contributed by atoms with Gasteiger partial charge in [0.15, 0.2) is 0 Å². The van der Waals surface area contributed by atoms with Gasteiger partial charge in [0.25, 0.3) is 0 Å². The largest absolute Gasteiger partial charge is 0.378 e. The second-order valence-corrected chi connectivity index (χ2v) is 4.74. The molecule has 1 aromatic rings. The highest BCUT2D eigenvalue weighted by Gasteiger charge is 2.13. The molecule has 0 bridgehead atoms. The molecule has 0 saturated carbocycles. The number of rotatable bonds is 2. The molecule has 0 spiro atoms. The van der Waals surface area contributed by atoms with E-state index in [-0.39, 0.29) is 5.91 Å². The van der Waals surface area contributed by atoms with Crippen LogP contribution in [0.4, 0.5) is 0 Å². The maximum absolute atomic E-state index is 11.8. The van der Waals surface area contributed by atoms with E-state index in [9.17, 15) is 4.79 Å².